The first-order valence-corrected chi connectivity index (χ1v) is 7.43. The van der Waals surface area contributed by atoms with Gasteiger partial charge in [0.05, 0.1) is 11.1 Å². The number of carbonyl (C=O) groups is 1. The van der Waals surface area contributed by atoms with Crippen LogP contribution in [0.3, 0.4) is 0 Å². The zero-order valence-corrected chi connectivity index (χ0v) is 13.0. The normalized spacial score (nSPS) is 12.7. The van der Waals surface area contributed by atoms with Gasteiger partial charge in [-0.2, -0.15) is 5.10 Å². The summed E-state index contributed by atoms with van der Waals surface area (Å²) >= 11 is 6.32. The van der Waals surface area contributed by atoms with Gasteiger partial charge in [0, 0.05) is 13.1 Å². The Hall–Kier alpha value is -1.03. The van der Waals surface area contributed by atoms with E-state index < -0.39 is 0 Å². The van der Waals surface area contributed by atoms with Crippen molar-refractivity contribution < 1.29 is 4.79 Å². The van der Waals surface area contributed by atoms with E-state index in [1.807, 2.05) is 13.8 Å². The van der Waals surface area contributed by atoms with Crippen molar-refractivity contribution in [2.24, 2.45) is 5.92 Å². The van der Waals surface area contributed by atoms with Gasteiger partial charge in [0.1, 0.15) is 5.69 Å². The minimum absolute atomic E-state index is 0.0157. The van der Waals surface area contributed by atoms with Gasteiger partial charge in [-0.3, -0.25) is 9.48 Å². The lowest BCUT2D eigenvalue weighted by atomic mass is 9.99. The molecule has 1 N–H and O–H groups in total. The second-order valence-corrected chi connectivity index (χ2v) is 5.35. The summed E-state index contributed by atoms with van der Waals surface area (Å²) < 4.78 is 1.71. The summed E-state index contributed by atoms with van der Waals surface area (Å²) in [5.74, 6) is 0.346. The quantitative estimate of drug-likeness (QED) is 0.783. The summed E-state index contributed by atoms with van der Waals surface area (Å²) in [5, 5.41) is 7.16. The van der Waals surface area contributed by atoms with Gasteiger partial charge in [-0.05, 0) is 25.8 Å². The fraction of sp³-hybridized carbons (Fsp3) is 0.714. The summed E-state index contributed by atoms with van der Waals surface area (Å²) in [6, 6.07) is 1.80. The maximum absolute atomic E-state index is 12.1. The molecule has 108 valence electrons. The van der Waals surface area contributed by atoms with Crippen molar-refractivity contribution in [1.29, 1.82) is 0 Å². The highest BCUT2D eigenvalue weighted by molar-refractivity contribution is 6.21. The molecule has 0 bridgehead atoms. The van der Waals surface area contributed by atoms with E-state index in [2.05, 4.69) is 24.3 Å². The Morgan fingerprint density at radius 1 is 1.42 bits per heavy atom. The van der Waals surface area contributed by atoms with Crippen LogP contribution >= 0.6 is 11.6 Å². The molecule has 0 saturated carbocycles. The van der Waals surface area contributed by atoms with Crippen LogP contribution < -0.4 is 5.32 Å². The largest absolute Gasteiger partial charge is 0.349 e. The van der Waals surface area contributed by atoms with Crippen molar-refractivity contribution in [3.8, 4) is 0 Å². The van der Waals surface area contributed by atoms with Gasteiger partial charge in [0.2, 0.25) is 0 Å². The lowest BCUT2D eigenvalue weighted by molar-refractivity contribution is 0.0941. The van der Waals surface area contributed by atoms with Crippen molar-refractivity contribution in [3.05, 3.63) is 17.5 Å². The molecule has 0 aliphatic carbocycles. The lowest BCUT2D eigenvalue weighted by Crippen LogP contribution is -2.34. The third-order valence-electron chi connectivity index (χ3n) is 3.45. The molecule has 0 aromatic carbocycles. The maximum Gasteiger partial charge on any atom is 0.269 e. The first kappa shape index (κ1) is 16.0. The number of nitrogens with zero attached hydrogens (tertiary/aromatic N) is 2. The van der Waals surface area contributed by atoms with E-state index in [-0.39, 0.29) is 11.3 Å². The Morgan fingerprint density at radius 3 is 2.58 bits per heavy atom. The van der Waals surface area contributed by atoms with Gasteiger partial charge in [-0.1, -0.05) is 26.7 Å². The minimum Gasteiger partial charge on any atom is -0.349 e. The number of hydrogen-bond acceptors (Lipinski definition) is 2. The molecule has 4 nitrogen and oxygen atoms in total. The van der Waals surface area contributed by atoms with Crippen molar-refractivity contribution >= 4 is 17.5 Å². The first-order valence-electron chi connectivity index (χ1n) is 7.00. The molecule has 1 rings (SSSR count). The van der Waals surface area contributed by atoms with Crippen LogP contribution in [0.1, 0.15) is 49.8 Å². The molecule has 1 amide bonds. The number of aromatic nitrogens is 2. The van der Waals surface area contributed by atoms with Crippen LogP contribution in [0.4, 0.5) is 0 Å². The number of amides is 1. The smallest absolute Gasteiger partial charge is 0.269 e. The van der Waals surface area contributed by atoms with Gasteiger partial charge in [-0.25, -0.2) is 0 Å². The fourth-order valence-electron chi connectivity index (χ4n) is 2.22. The number of alkyl halides is 1. The van der Waals surface area contributed by atoms with E-state index in [1.54, 1.807) is 10.7 Å². The number of carbonyl (C=O) groups excluding carboxylic acids is 1. The van der Waals surface area contributed by atoms with E-state index >= 15 is 0 Å². The van der Waals surface area contributed by atoms with Crippen molar-refractivity contribution in [3.63, 3.8) is 0 Å². The lowest BCUT2D eigenvalue weighted by Gasteiger charge is -2.19. The summed E-state index contributed by atoms with van der Waals surface area (Å²) in [5.41, 5.74) is 1.46. The molecule has 5 heteroatoms. The van der Waals surface area contributed by atoms with Crippen LogP contribution in [-0.4, -0.2) is 27.6 Å². The molecule has 1 aromatic heterocycles. The first-order chi connectivity index (χ1) is 9.03. The topological polar surface area (TPSA) is 46.9 Å². The summed E-state index contributed by atoms with van der Waals surface area (Å²) in [4.78, 5) is 12.1. The van der Waals surface area contributed by atoms with Gasteiger partial charge in [0.15, 0.2) is 0 Å². The number of hydrogen-bond donors (Lipinski definition) is 1. The third-order valence-corrected chi connectivity index (χ3v) is 3.96. The standard InChI is InChI=1S/C14H24ClN3O/c1-5-11(6-2)12(15)9-16-14(19)13-8-10(4)17-18(13)7-3/h8,11-12H,5-7,9H2,1-4H3,(H,16,19). The fourth-order valence-corrected chi connectivity index (χ4v) is 2.65. The molecule has 0 aliphatic heterocycles. The van der Waals surface area contributed by atoms with Gasteiger partial charge >= 0.3 is 0 Å². The van der Waals surface area contributed by atoms with Crippen LogP contribution in [0.25, 0.3) is 0 Å². The number of nitrogens with one attached hydrogen (secondary N) is 1. The van der Waals surface area contributed by atoms with Crippen LogP contribution in [0.5, 0.6) is 0 Å². The third kappa shape index (κ3) is 4.23. The summed E-state index contributed by atoms with van der Waals surface area (Å²) in [6.07, 6.45) is 2.07. The Bertz CT molecular complexity index is 413. The van der Waals surface area contributed by atoms with E-state index in [9.17, 15) is 4.79 Å². The Morgan fingerprint density at radius 2 is 2.05 bits per heavy atom. The summed E-state index contributed by atoms with van der Waals surface area (Å²) in [6.45, 7) is 9.30. The van der Waals surface area contributed by atoms with Crippen molar-refractivity contribution in [2.75, 3.05) is 6.54 Å². The van der Waals surface area contributed by atoms with E-state index in [1.165, 1.54) is 0 Å². The second-order valence-electron chi connectivity index (χ2n) is 4.79. The average Bonchev–Trinajstić information content (AvgIpc) is 2.78. The molecule has 0 spiro atoms. The molecule has 1 aromatic rings. The molecule has 0 aliphatic rings. The number of halogens is 1. The van der Waals surface area contributed by atoms with E-state index in [0.29, 0.717) is 24.7 Å². The minimum atomic E-state index is -0.0981. The molecule has 0 saturated heterocycles. The van der Waals surface area contributed by atoms with Gasteiger partial charge < -0.3 is 5.32 Å². The summed E-state index contributed by atoms with van der Waals surface area (Å²) in [7, 11) is 0. The highest BCUT2D eigenvalue weighted by Gasteiger charge is 2.18. The van der Waals surface area contributed by atoms with Crippen LogP contribution in [0, 0.1) is 12.8 Å². The zero-order chi connectivity index (χ0) is 14.4. The second kappa shape index (κ2) is 7.53. The number of rotatable bonds is 7. The average molecular weight is 286 g/mol. The van der Waals surface area contributed by atoms with E-state index in [0.717, 1.165) is 18.5 Å². The molecule has 19 heavy (non-hydrogen) atoms. The number of aryl methyl sites for hydroxylation is 2. The maximum atomic E-state index is 12.1. The van der Waals surface area contributed by atoms with Crippen LogP contribution in [-0.2, 0) is 6.54 Å². The Kier molecular flexibility index (Phi) is 6.35. The van der Waals surface area contributed by atoms with Crippen LogP contribution in [0.2, 0.25) is 0 Å². The molecular formula is C14H24ClN3O. The monoisotopic (exact) mass is 285 g/mol. The zero-order valence-electron chi connectivity index (χ0n) is 12.2. The molecule has 1 unspecified atom stereocenters. The van der Waals surface area contributed by atoms with Gasteiger partial charge in [-0.15, -0.1) is 11.6 Å². The predicted molar refractivity (Wildman–Crippen MR) is 78.7 cm³/mol. The molecule has 1 heterocycles. The van der Waals surface area contributed by atoms with Crippen molar-refractivity contribution in [1.82, 2.24) is 15.1 Å². The Balaban J connectivity index is 2.60. The van der Waals surface area contributed by atoms with E-state index in [4.69, 9.17) is 11.6 Å². The van der Waals surface area contributed by atoms with Gasteiger partial charge in [0.25, 0.3) is 5.91 Å². The molecule has 0 fully saturated rings. The molecule has 1 atom stereocenters. The molecule has 0 radical (unpaired) electrons. The van der Waals surface area contributed by atoms with Crippen molar-refractivity contribution in [2.45, 2.75) is 52.5 Å². The Labute approximate surface area is 120 Å². The highest BCUT2D eigenvalue weighted by Crippen LogP contribution is 2.17. The predicted octanol–water partition coefficient (Wildman–Crippen LogP) is 2.98. The highest BCUT2D eigenvalue weighted by atomic mass is 35.5. The van der Waals surface area contributed by atoms with Crippen LogP contribution in [0.15, 0.2) is 6.07 Å². The molecular weight excluding hydrogens is 262 g/mol. The SMILES string of the molecule is CCC(CC)C(Cl)CNC(=O)c1cc(C)nn1CC.